The second-order valence-corrected chi connectivity index (χ2v) is 4.73. The molecule has 0 bridgehead atoms. The van der Waals surface area contributed by atoms with Gasteiger partial charge in [-0.3, -0.25) is 4.79 Å². The van der Waals surface area contributed by atoms with Gasteiger partial charge < -0.3 is 10.4 Å². The highest BCUT2D eigenvalue weighted by Gasteiger charge is 2.22. The van der Waals surface area contributed by atoms with Crippen molar-refractivity contribution in [1.82, 2.24) is 0 Å². The quantitative estimate of drug-likeness (QED) is 0.839. The van der Waals surface area contributed by atoms with Gasteiger partial charge >= 0.3 is 0 Å². The van der Waals surface area contributed by atoms with Crippen molar-refractivity contribution in [1.29, 1.82) is 0 Å². The van der Waals surface area contributed by atoms with E-state index in [1.54, 1.807) is 29.8 Å². The van der Waals surface area contributed by atoms with E-state index in [0.717, 1.165) is 12.1 Å². The van der Waals surface area contributed by atoms with Gasteiger partial charge in [-0.1, -0.05) is 19.1 Å². The van der Waals surface area contributed by atoms with Crippen molar-refractivity contribution < 1.29 is 14.5 Å². The Morgan fingerprint density at radius 1 is 1.30 bits per heavy atom. The van der Waals surface area contributed by atoms with E-state index >= 15 is 0 Å². The molecule has 0 radical (unpaired) electrons. The molecule has 0 aliphatic carbocycles. The number of carbonyl (C=O) groups is 1. The molecule has 1 aromatic heterocycles. The summed E-state index contributed by atoms with van der Waals surface area (Å²) in [5.74, 6) is 0.0179. The zero-order chi connectivity index (χ0) is 14.5. The molecule has 0 spiro atoms. The zero-order valence-electron chi connectivity index (χ0n) is 11.7. The standard InChI is InChI=1S/C16H18N2O2/c1-3-13-6-8-14(9-7-13)17-16(20)12(2)18-10-4-5-15(19)11-18/h4-12H,3H2,1-2H3,(H-,17,19,20)/p+1/t12-/m0/s1. The fourth-order valence-electron chi connectivity index (χ4n) is 1.93. The van der Waals surface area contributed by atoms with Crippen molar-refractivity contribution in [3.05, 3.63) is 54.4 Å². The maximum Gasteiger partial charge on any atom is 0.293 e. The van der Waals surface area contributed by atoms with Crippen LogP contribution in [-0.4, -0.2) is 11.0 Å². The number of hydrogen-bond acceptors (Lipinski definition) is 2. The van der Waals surface area contributed by atoms with Crippen LogP contribution in [-0.2, 0) is 11.2 Å². The number of aromatic hydroxyl groups is 1. The Morgan fingerprint density at radius 2 is 2.00 bits per heavy atom. The summed E-state index contributed by atoms with van der Waals surface area (Å²) >= 11 is 0. The highest BCUT2D eigenvalue weighted by molar-refractivity contribution is 5.92. The summed E-state index contributed by atoms with van der Waals surface area (Å²) in [6, 6.07) is 10.7. The minimum Gasteiger partial charge on any atom is -0.503 e. The fourth-order valence-corrected chi connectivity index (χ4v) is 1.93. The van der Waals surface area contributed by atoms with Crippen LogP contribution in [0.2, 0.25) is 0 Å². The molecule has 2 rings (SSSR count). The normalized spacial score (nSPS) is 11.9. The highest BCUT2D eigenvalue weighted by atomic mass is 16.3. The van der Waals surface area contributed by atoms with Crippen LogP contribution in [0.25, 0.3) is 0 Å². The van der Waals surface area contributed by atoms with E-state index in [1.165, 1.54) is 11.8 Å². The lowest BCUT2D eigenvalue weighted by Gasteiger charge is -2.09. The lowest BCUT2D eigenvalue weighted by molar-refractivity contribution is -0.705. The van der Waals surface area contributed by atoms with Crippen molar-refractivity contribution in [3.8, 4) is 5.75 Å². The van der Waals surface area contributed by atoms with E-state index in [9.17, 15) is 9.90 Å². The molecule has 20 heavy (non-hydrogen) atoms. The monoisotopic (exact) mass is 271 g/mol. The molecule has 0 fully saturated rings. The van der Waals surface area contributed by atoms with Gasteiger partial charge in [0.05, 0.1) is 0 Å². The summed E-state index contributed by atoms with van der Waals surface area (Å²) in [5.41, 5.74) is 2.01. The molecular weight excluding hydrogens is 252 g/mol. The number of rotatable bonds is 4. The first-order valence-electron chi connectivity index (χ1n) is 6.69. The average molecular weight is 271 g/mol. The van der Waals surface area contributed by atoms with Crippen LogP contribution in [0.15, 0.2) is 48.8 Å². The molecule has 1 amide bonds. The minimum absolute atomic E-state index is 0.121. The molecule has 0 saturated heterocycles. The third-order valence-electron chi connectivity index (χ3n) is 3.26. The first-order chi connectivity index (χ1) is 9.60. The maximum atomic E-state index is 12.2. The van der Waals surface area contributed by atoms with Gasteiger partial charge in [-0.05, 0) is 30.2 Å². The molecule has 0 unspecified atom stereocenters. The largest absolute Gasteiger partial charge is 0.503 e. The number of amides is 1. The highest BCUT2D eigenvalue weighted by Crippen LogP contribution is 2.12. The summed E-state index contributed by atoms with van der Waals surface area (Å²) < 4.78 is 1.67. The first-order valence-corrected chi connectivity index (χ1v) is 6.69. The number of hydrogen-bond donors (Lipinski definition) is 2. The summed E-state index contributed by atoms with van der Waals surface area (Å²) in [6.45, 7) is 3.88. The van der Waals surface area contributed by atoms with Gasteiger partial charge in [0, 0.05) is 18.7 Å². The molecule has 1 aromatic carbocycles. The number of nitrogens with zero attached hydrogens (tertiary/aromatic N) is 1. The van der Waals surface area contributed by atoms with E-state index in [-0.39, 0.29) is 11.7 Å². The predicted octanol–water partition coefficient (Wildman–Crippen LogP) is 2.44. The number of pyridine rings is 1. The number of carbonyl (C=O) groups excluding carboxylic acids is 1. The molecule has 0 saturated carbocycles. The van der Waals surface area contributed by atoms with Crippen LogP contribution in [0.1, 0.15) is 25.5 Å². The van der Waals surface area contributed by atoms with Crippen molar-refractivity contribution in [2.75, 3.05) is 5.32 Å². The number of benzene rings is 1. The van der Waals surface area contributed by atoms with Crippen LogP contribution in [0.3, 0.4) is 0 Å². The van der Waals surface area contributed by atoms with Crippen LogP contribution < -0.4 is 9.88 Å². The third kappa shape index (κ3) is 3.35. The van der Waals surface area contributed by atoms with Crippen LogP contribution in [0, 0.1) is 0 Å². The second-order valence-electron chi connectivity index (χ2n) is 4.73. The van der Waals surface area contributed by atoms with Gasteiger partial charge in [0.2, 0.25) is 12.2 Å². The van der Waals surface area contributed by atoms with E-state index in [4.69, 9.17) is 0 Å². The number of aromatic nitrogens is 1. The summed E-state index contributed by atoms with van der Waals surface area (Å²) in [7, 11) is 0. The Kier molecular flexibility index (Phi) is 4.35. The van der Waals surface area contributed by atoms with E-state index in [2.05, 4.69) is 12.2 Å². The smallest absolute Gasteiger partial charge is 0.293 e. The van der Waals surface area contributed by atoms with Crippen LogP contribution in [0.4, 0.5) is 5.69 Å². The predicted molar refractivity (Wildman–Crippen MR) is 77.5 cm³/mol. The van der Waals surface area contributed by atoms with E-state index in [0.29, 0.717) is 0 Å². The molecular formula is C16H19N2O2+. The Balaban J connectivity index is 2.07. The molecule has 0 aliphatic heterocycles. The molecule has 2 N–H and O–H groups in total. The van der Waals surface area contributed by atoms with Gasteiger partial charge in [-0.2, -0.15) is 4.57 Å². The average Bonchev–Trinajstić information content (AvgIpc) is 2.47. The topological polar surface area (TPSA) is 53.2 Å². The molecule has 0 aliphatic rings. The van der Waals surface area contributed by atoms with Crippen molar-refractivity contribution in [2.24, 2.45) is 0 Å². The molecule has 2 aromatic rings. The Hall–Kier alpha value is -2.36. The van der Waals surface area contributed by atoms with Gasteiger partial charge in [0.15, 0.2) is 11.9 Å². The third-order valence-corrected chi connectivity index (χ3v) is 3.26. The summed E-state index contributed by atoms with van der Waals surface area (Å²) in [5, 5.41) is 12.3. The van der Waals surface area contributed by atoms with Crippen molar-refractivity contribution in [3.63, 3.8) is 0 Å². The Morgan fingerprint density at radius 3 is 2.60 bits per heavy atom. The fraction of sp³-hybridized carbons (Fsp3) is 0.250. The van der Waals surface area contributed by atoms with Gasteiger partial charge in [0.25, 0.3) is 5.91 Å². The van der Waals surface area contributed by atoms with Crippen molar-refractivity contribution >= 4 is 11.6 Å². The SMILES string of the molecule is CCc1ccc(NC(=O)[C@H](C)[n+]2cccc(O)c2)cc1. The van der Waals surface area contributed by atoms with Crippen molar-refractivity contribution in [2.45, 2.75) is 26.3 Å². The number of aryl methyl sites for hydroxylation is 1. The number of anilines is 1. The molecule has 4 nitrogen and oxygen atoms in total. The molecule has 4 heteroatoms. The van der Waals surface area contributed by atoms with Crippen LogP contribution in [0.5, 0.6) is 5.75 Å². The zero-order valence-corrected chi connectivity index (χ0v) is 11.7. The van der Waals surface area contributed by atoms with Gasteiger partial charge in [-0.25, -0.2) is 0 Å². The summed E-state index contributed by atoms with van der Waals surface area (Å²) in [6.07, 6.45) is 4.26. The summed E-state index contributed by atoms with van der Waals surface area (Å²) in [4.78, 5) is 12.2. The Labute approximate surface area is 118 Å². The maximum absolute atomic E-state index is 12.2. The lowest BCUT2D eigenvalue weighted by atomic mass is 10.1. The lowest BCUT2D eigenvalue weighted by Crippen LogP contribution is -2.43. The van der Waals surface area contributed by atoms with Gasteiger partial charge in [0.1, 0.15) is 0 Å². The molecule has 104 valence electrons. The first kappa shape index (κ1) is 14.1. The molecule has 1 heterocycles. The minimum atomic E-state index is -0.395. The second kappa shape index (κ2) is 6.19. The van der Waals surface area contributed by atoms with E-state index < -0.39 is 6.04 Å². The number of nitrogens with one attached hydrogen (secondary N) is 1. The van der Waals surface area contributed by atoms with E-state index in [1.807, 2.05) is 24.3 Å². The van der Waals surface area contributed by atoms with Gasteiger partial charge in [-0.15, -0.1) is 0 Å². The molecule has 1 atom stereocenters. The van der Waals surface area contributed by atoms with Crippen LogP contribution >= 0.6 is 0 Å². The Bertz CT molecular complexity index is 594.